The standard InChI is InChI=1S/C29H23ClN3O5P/c1-4-19-6-5-7-20(14-19)24-16-28(34)33(3)26-13-10-22(15-25(24)26)29(38-39(35,36)37,27-17-31-18-32(27)2)21-8-11-23(30)12-9-21/h1,5-18H,2-3H3,(H2,35,36,37)/t29-/m1/s1. The third kappa shape index (κ3) is 4.83. The summed E-state index contributed by atoms with van der Waals surface area (Å²) in [5.41, 5.74) is 1.75. The number of hydrogen-bond donors (Lipinski definition) is 2. The van der Waals surface area contributed by atoms with Gasteiger partial charge in [-0.3, -0.25) is 9.32 Å². The van der Waals surface area contributed by atoms with Gasteiger partial charge in [0.15, 0.2) is 5.60 Å². The van der Waals surface area contributed by atoms with E-state index >= 15 is 0 Å². The third-order valence-electron chi connectivity index (χ3n) is 6.68. The van der Waals surface area contributed by atoms with Crippen LogP contribution < -0.4 is 5.56 Å². The Kier molecular flexibility index (Phi) is 6.81. The van der Waals surface area contributed by atoms with E-state index in [0.29, 0.717) is 43.9 Å². The molecule has 0 unspecified atom stereocenters. The minimum Gasteiger partial charge on any atom is -0.335 e. The van der Waals surface area contributed by atoms with Gasteiger partial charge in [0, 0.05) is 36.1 Å². The zero-order valence-corrected chi connectivity index (χ0v) is 22.6. The number of benzene rings is 3. The molecule has 0 aliphatic rings. The number of pyridine rings is 1. The molecule has 0 radical (unpaired) electrons. The Hall–Kier alpha value is -3.96. The lowest BCUT2D eigenvalue weighted by atomic mass is 9.82. The molecular formula is C29H23ClN3O5P. The van der Waals surface area contributed by atoms with Gasteiger partial charge < -0.3 is 18.9 Å². The average molecular weight is 560 g/mol. The number of rotatable bonds is 6. The van der Waals surface area contributed by atoms with Gasteiger partial charge >= 0.3 is 7.82 Å². The number of fused-ring (bicyclic) bond motifs is 1. The molecule has 0 saturated heterocycles. The largest absolute Gasteiger partial charge is 0.471 e. The molecule has 1 atom stereocenters. The molecule has 0 amide bonds. The number of terminal acetylenes is 1. The summed E-state index contributed by atoms with van der Waals surface area (Å²) in [5.74, 6) is 2.61. The van der Waals surface area contributed by atoms with Crippen molar-refractivity contribution in [1.82, 2.24) is 14.1 Å². The maximum absolute atomic E-state index is 12.9. The van der Waals surface area contributed by atoms with Crippen molar-refractivity contribution in [3.05, 3.63) is 123 Å². The van der Waals surface area contributed by atoms with Crippen molar-refractivity contribution in [3.63, 3.8) is 0 Å². The van der Waals surface area contributed by atoms with Crippen molar-refractivity contribution in [1.29, 1.82) is 0 Å². The molecule has 196 valence electrons. The molecule has 2 aromatic heterocycles. The summed E-state index contributed by atoms with van der Waals surface area (Å²) in [7, 11) is -1.74. The van der Waals surface area contributed by atoms with Crippen LogP contribution in [0.1, 0.15) is 22.4 Å². The van der Waals surface area contributed by atoms with E-state index in [0.717, 1.165) is 5.56 Å². The highest BCUT2D eigenvalue weighted by Crippen LogP contribution is 2.52. The van der Waals surface area contributed by atoms with Crippen LogP contribution in [0.25, 0.3) is 22.0 Å². The van der Waals surface area contributed by atoms with Crippen LogP contribution in [0.2, 0.25) is 5.02 Å². The van der Waals surface area contributed by atoms with Crippen molar-refractivity contribution in [3.8, 4) is 23.5 Å². The Bertz CT molecular complexity index is 1870. The van der Waals surface area contributed by atoms with Gasteiger partial charge in [-0.05, 0) is 58.7 Å². The Morgan fingerprint density at radius 1 is 1.03 bits per heavy atom. The molecule has 0 aliphatic heterocycles. The molecule has 3 aromatic carbocycles. The van der Waals surface area contributed by atoms with E-state index in [1.165, 1.54) is 23.2 Å². The van der Waals surface area contributed by atoms with Crippen molar-refractivity contribution in [2.24, 2.45) is 14.1 Å². The molecule has 10 heteroatoms. The first kappa shape index (κ1) is 26.6. The van der Waals surface area contributed by atoms with Gasteiger partial charge in [-0.15, -0.1) is 6.42 Å². The fourth-order valence-corrected chi connectivity index (χ4v) is 5.66. The highest BCUT2D eigenvalue weighted by atomic mass is 35.5. The van der Waals surface area contributed by atoms with Gasteiger partial charge in [0.2, 0.25) is 0 Å². The van der Waals surface area contributed by atoms with Crippen LogP contribution in [0.5, 0.6) is 0 Å². The second kappa shape index (κ2) is 9.97. The van der Waals surface area contributed by atoms with Gasteiger partial charge in [-0.1, -0.05) is 47.9 Å². The first-order valence-corrected chi connectivity index (χ1v) is 13.6. The molecule has 5 aromatic rings. The Morgan fingerprint density at radius 2 is 1.74 bits per heavy atom. The molecule has 39 heavy (non-hydrogen) atoms. The molecule has 0 aliphatic carbocycles. The predicted molar refractivity (Wildman–Crippen MR) is 150 cm³/mol. The third-order valence-corrected chi connectivity index (χ3v) is 7.44. The van der Waals surface area contributed by atoms with Crippen LogP contribution in [0.3, 0.4) is 0 Å². The second-order valence-electron chi connectivity index (χ2n) is 9.07. The molecule has 8 nitrogen and oxygen atoms in total. The fourth-order valence-electron chi connectivity index (χ4n) is 4.87. The summed E-state index contributed by atoms with van der Waals surface area (Å²) in [6.45, 7) is 0. The first-order valence-electron chi connectivity index (χ1n) is 11.7. The van der Waals surface area contributed by atoms with Gasteiger partial charge in [-0.2, -0.15) is 0 Å². The zero-order chi connectivity index (χ0) is 27.9. The first-order chi connectivity index (χ1) is 18.5. The lowest BCUT2D eigenvalue weighted by molar-refractivity contribution is 0.0920. The molecule has 0 fully saturated rings. The number of halogens is 1. The van der Waals surface area contributed by atoms with Crippen LogP contribution in [-0.2, 0) is 28.8 Å². The fraction of sp³-hybridized carbons (Fsp3) is 0.103. The number of nitrogens with zero attached hydrogens (tertiary/aromatic N) is 3. The van der Waals surface area contributed by atoms with Crippen molar-refractivity contribution >= 4 is 30.3 Å². The van der Waals surface area contributed by atoms with Crippen molar-refractivity contribution in [2.75, 3.05) is 0 Å². The van der Waals surface area contributed by atoms with E-state index in [1.807, 2.05) is 12.1 Å². The van der Waals surface area contributed by atoms with Gasteiger partial charge in [0.25, 0.3) is 5.56 Å². The van der Waals surface area contributed by atoms with Crippen LogP contribution in [-0.4, -0.2) is 23.9 Å². The SMILES string of the molecule is C#Cc1cccc(-c2cc(=O)n(C)c3ccc([C@](OP(=O)(O)O)(c4ccc(Cl)cc4)c4cncn4C)cc23)c1. The zero-order valence-electron chi connectivity index (χ0n) is 20.9. The second-order valence-corrected chi connectivity index (χ2v) is 10.7. The summed E-state index contributed by atoms with van der Waals surface area (Å²) in [4.78, 5) is 37.5. The van der Waals surface area contributed by atoms with Crippen LogP contribution in [0.15, 0.2) is 90.1 Å². The van der Waals surface area contributed by atoms with Crippen molar-refractivity contribution in [2.45, 2.75) is 5.60 Å². The van der Waals surface area contributed by atoms with Gasteiger partial charge in [0.1, 0.15) is 0 Å². The van der Waals surface area contributed by atoms with E-state index < -0.39 is 13.4 Å². The highest BCUT2D eigenvalue weighted by molar-refractivity contribution is 7.46. The van der Waals surface area contributed by atoms with E-state index in [4.69, 9.17) is 22.5 Å². The molecule has 0 spiro atoms. The molecule has 0 saturated carbocycles. The minimum atomic E-state index is -5.10. The van der Waals surface area contributed by atoms with Gasteiger partial charge in [0.05, 0.1) is 23.7 Å². The lowest BCUT2D eigenvalue weighted by Crippen LogP contribution is -2.34. The number of hydrogen-bond acceptors (Lipinski definition) is 4. The van der Waals surface area contributed by atoms with Crippen molar-refractivity contribution < 1.29 is 18.9 Å². The van der Waals surface area contributed by atoms with Crippen LogP contribution >= 0.6 is 19.4 Å². The monoisotopic (exact) mass is 559 g/mol. The Labute approximate surface area is 229 Å². The quantitative estimate of drug-likeness (QED) is 0.225. The molecule has 0 bridgehead atoms. The van der Waals surface area contributed by atoms with E-state index in [-0.39, 0.29) is 5.56 Å². The summed E-state index contributed by atoms with van der Waals surface area (Å²) >= 11 is 6.16. The number of imidazole rings is 1. The number of phosphoric acid groups is 1. The number of aryl methyl sites for hydroxylation is 2. The predicted octanol–water partition coefficient (Wildman–Crippen LogP) is 4.97. The number of phosphoric ester groups is 1. The maximum atomic E-state index is 12.9. The topological polar surface area (TPSA) is 107 Å². The number of aromatic nitrogens is 3. The normalized spacial score (nSPS) is 13.2. The molecule has 2 heterocycles. The van der Waals surface area contributed by atoms with Gasteiger partial charge in [-0.25, -0.2) is 9.55 Å². The van der Waals surface area contributed by atoms with Crippen LogP contribution in [0.4, 0.5) is 0 Å². The summed E-state index contributed by atoms with van der Waals surface area (Å²) in [6, 6.07) is 20.5. The minimum absolute atomic E-state index is 0.224. The summed E-state index contributed by atoms with van der Waals surface area (Å²) in [6.07, 6.45) is 8.63. The van der Waals surface area contributed by atoms with E-state index in [1.54, 1.807) is 73.3 Å². The molecule has 2 N–H and O–H groups in total. The Balaban J connectivity index is 1.91. The Morgan fingerprint density at radius 3 is 2.38 bits per heavy atom. The average Bonchev–Trinajstić information content (AvgIpc) is 3.35. The smallest absolute Gasteiger partial charge is 0.335 e. The maximum Gasteiger partial charge on any atom is 0.471 e. The summed E-state index contributed by atoms with van der Waals surface area (Å²) < 4.78 is 21.4. The van der Waals surface area contributed by atoms with E-state index in [2.05, 4.69) is 10.9 Å². The van der Waals surface area contributed by atoms with E-state index in [9.17, 15) is 19.1 Å². The lowest BCUT2D eigenvalue weighted by Gasteiger charge is -2.35. The highest BCUT2D eigenvalue weighted by Gasteiger charge is 2.45. The molecule has 5 rings (SSSR count). The molecular weight excluding hydrogens is 537 g/mol. The van der Waals surface area contributed by atoms with Crippen LogP contribution in [0, 0.1) is 12.3 Å². The summed E-state index contributed by atoms with van der Waals surface area (Å²) in [5, 5.41) is 1.09.